The van der Waals surface area contributed by atoms with Crippen molar-refractivity contribution in [2.45, 2.75) is 19.5 Å². The fourth-order valence-corrected chi connectivity index (χ4v) is 4.69. The van der Waals surface area contributed by atoms with Crippen molar-refractivity contribution < 1.29 is 33.6 Å². The van der Waals surface area contributed by atoms with E-state index < -0.39 is 17.7 Å². The summed E-state index contributed by atoms with van der Waals surface area (Å²) in [4.78, 5) is 28.3. The Bertz CT molecular complexity index is 1380. The van der Waals surface area contributed by atoms with Gasteiger partial charge in [0.15, 0.2) is 11.5 Å². The lowest BCUT2D eigenvalue weighted by Crippen LogP contribution is -2.29. The molecule has 1 fully saturated rings. The lowest BCUT2D eigenvalue weighted by Gasteiger charge is -2.26. The van der Waals surface area contributed by atoms with E-state index in [1.54, 1.807) is 49.6 Å². The summed E-state index contributed by atoms with van der Waals surface area (Å²) in [6.45, 7) is 3.26. The molecule has 37 heavy (non-hydrogen) atoms. The molecule has 1 atom stereocenters. The molecule has 0 aliphatic carbocycles. The van der Waals surface area contributed by atoms with Crippen molar-refractivity contribution in [3.63, 3.8) is 0 Å². The van der Waals surface area contributed by atoms with Gasteiger partial charge in [0, 0.05) is 11.1 Å². The predicted octanol–water partition coefficient (Wildman–Crippen LogP) is 4.49. The number of carbonyl (C=O) groups excluding carboxylic acids is 2. The molecule has 2 aliphatic heterocycles. The summed E-state index contributed by atoms with van der Waals surface area (Å²) in [5, 5.41) is 11.4. The molecule has 3 aromatic rings. The van der Waals surface area contributed by atoms with Gasteiger partial charge in [-0.2, -0.15) is 0 Å². The Morgan fingerprint density at radius 3 is 2.57 bits per heavy atom. The van der Waals surface area contributed by atoms with Crippen LogP contribution < -0.4 is 18.9 Å². The molecule has 1 amide bonds. The van der Waals surface area contributed by atoms with Crippen molar-refractivity contribution in [1.29, 1.82) is 0 Å². The molecule has 1 unspecified atom stereocenters. The Balaban J connectivity index is 1.64. The first-order valence-corrected chi connectivity index (χ1v) is 12.0. The number of fused-ring (bicyclic) bond motifs is 1. The van der Waals surface area contributed by atoms with E-state index in [-0.39, 0.29) is 17.9 Å². The predicted molar refractivity (Wildman–Crippen MR) is 136 cm³/mol. The minimum atomic E-state index is -0.849. The molecule has 190 valence electrons. The Morgan fingerprint density at radius 2 is 1.78 bits per heavy atom. The van der Waals surface area contributed by atoms with Crippen LogP contribution in [0.25, 0.3) is 5.76 Å². The molecule has 0 bridgehead atoms. The Labute approximate surface area is 214 Å². The van der Waals surface area contributed by atoms with Crippen molar-refractivity contribution in [2.75, 3.05) is 26.9 Å². The van der Waals surface area contributed by atoms with Gasteiger partial charge in [-0.15, -0.1) is 0 Å². The zero-order valence-electron chi connectivity index (χ0n) is 20.6. The zero-order valence-corrected chi connectivity index (χ0v) is 20.6. The van der Waals surface area contributed by atoms with Gasteiger partial charge in [-0.1, -0.05) is 30.3 Å². The van der Waals surface area contributed by atoms with E-state index in [0.717, 1.165) is 5.56 Å². The van der Waals surface area contributed by atoms with Gasteiger partial charge in [0.1, 0.15) is 30.5 Å². The van der Waals surface area contributed by atoms with Crippen LogP contribution in [0.2, 0.25) is 0 Å². The highest BCUT2D eigenvalue weighted by atomic mass is 16.6. The van der Waals surface area contributed by atoms with Crippen molar-refractivity contribution in [3.05, 3.63) is 89.0 Å². The monoisotopic (exact) mass is 501 g/mol. The second kappa shape index (κ2) is 10.3. The zero-order chi connectivity index (χ0) is 25.9. The van der Waals surface area contributed by atoms with Gasteiger partial charge < -0.3 is 29.0 Å². The van der Waals surface area contributed by atoms with Crippen LogP contribution in [0.1, 0.15) is 29.7 Å². The number of carbonyl (C=O) groups is 2. The lowest BCUT2D eigenvalue weighted by molar-refractivity contribution is -0.140. The highest BCUT2D eigenvalue weighted by Gasteiger charge is 2.46. The summed E-state index contributed by atoms with van der Waals surface area (Å²) in [6.07, 6.45) is 0. The Hall–Kier alpha value is -4.46. The quantitative estimate of drug-likeness (QED) is 0.290. The van der Waals surface area contributed by atoms with E-state index in [0.29, 0.717) is 53.9 Å². The van der Waals surface area contributed by atoms with Crippen LogP contribution in [0.15, 0.2) is 72.3 Å². The van der Waals surface area contributed by atoms with Gasteiger partial charge in [-0.3, -0.25) is 9.59 Å². The lowest BCUT2D eigenvalue weighted by atomic mass is 9.94. The molecule has 1 N–H and O–H groups in total. The second-order valence-corrected chi connectivity index (χ2v) is 8.60. The Morgan fingerprint density at radius 1 is 1.00 bits per heavy atom. The van der Waals surface area contributed by atoms with Crippen molar-refractivity contribution in [3.8, 4) is 23.0 Å². The molecular formula is C29H27NO7. The Kier molecular flexibility index (Phi) is 6.72. The second-order valence-electron chi connectivity index (χ2n) is 8.60. The third-order valence-corrected chi connectivity index (χ3v) is 6.37. The summed E-state index contributed by atoms with van der Waals surface area (Å²) in [5.41, 5.74) is 1.71. The average Bonchev–Trinajstić information content (AvgIpc) is 3.18. The number of rotatable bonds is 7. The van der Waals surface area contributed by atoms with Crippen molar-refractivity contribution in [1.82, 2.24) is 4.90 Å². The van der Waals surface area contributed by atoms with Crippen LogP contribution in [0, 0.1) is 0 Å². The first-order chi connectivity index (χ1) is 18.0. The van der Waals surface area contributed by atoms with Crippen LogP contribution in [-0.4, -0.2) is 48.6 Å². The van der Waals surface area contributed by atoms with Gasteiger partial charge in [0.05, 0.1) is 31.9 Å². The number of methoxy groups -OCH3 is 1. The molecule has 2 aliphatic rings. The summed E-state index contributed by atoms with van der Waals surface area (Å²) in [5.74, 6) is 0.449. The fourth-order valence-electron chi connectivity index (χ4n) is 4.69. The number of likely N-dealkylation sites (tertiary alicyclic amines) is 1. The van der Waals surface area contributed by atoms with E-state index >= 15 is 0 Å². The number of nitrogens with zero attached hydrogens (tertiary/aromatic N) is 1. The molecule has 8 heteroatoms. The highest BCUT2D eigenvalue weighted by Crippen LogP contribution is 2.43. The first-order valence-electron chi connectivity index (χ1n) is 12.0. The van der Waals surface area contributed by atoms with E-state index in [4.69, 9.17) is 18.9 Å². The van der Waals surface area contributed by atoms with Gasteiger partial charge in [-0.25, -0.2) is 0 Å². The summed E-state index contributed by atoms with van der Waals surface area (Å²) >= 11 is 0. The number of hydrogen-bond acceptors (Lipinski definition) is 7. The highest BCUT2D eigenvalue weighted by molar-refractivity contribution is 6.46. The maximum Gasteiger partial charge on any atom is 0.295 e. The fraction of sp³-hybridized carbons (Fsp3) is 0.241. The number of aliphatic hydroxyl groups is 1. The number of Topliss-reactive ketones (excluding diaryl/α,β-unsaturated/α-hetero) is 1. The molecule has 0 aromatic heterocycles. The number of ketones is 1. The average molecular weight is 502 g/mol. The normalized spacial score (nSPS) is 18.1. The van der Waals surface area contributed by atoms with Crippen LogP contribution in [0.5, 0.6) is 23.0 Å². The van der Waals surface area contributed by atoms with Gasteiger partial charge in [-0.05, 0) is 48.9 Å². The third-order valence-electron chi connectivity index (χ3n) is 6.37. The summed E-state index contributed by atoms with van der Waals surface area (Å²) in [6, 6.07) is 18.6. The first kappa shape index (κ1) is 24.2. The van der Waals surface area contributed by atoms with Crippen LogP contribution >= 0.6 is 0 Å². The number of para-hydroxylation sites is 1. The van der Waals surface area contributed by atoms with Crippen LogP contribution in [-0.2, 0) is 16.1 Å². The summed E-state index contributed by atoms with van der Waals surface area (Å²) < 4.78 is 22.4. The molecule has 8 nitrogen and oxygen atoms in total. The number of benzene rings is 3. The summed E-state index contributed by atoms with van der Waals surface area (Å²) in [7, 11) is 1.55. The topological polar surface area (TPSA) is 94.5 Å². The van der Waals surface area contributed by atoms with Gasteiger partial charge in [0.2, 0.25) is 0 Å². The van der Waals surface area contributed by atoms with E-state index in [1.807, 2.05) is 31.2 Å². The number of hydrogen-bond donors (Lipinski definition) is 1. The van der Waals surface area contributed by atoms with Crippen molar-refractivity contribution >= 4 is 17.4 Å². The molecule has 5 rings (SSSR count). The molecule has 0 spiro atoms. The molecular weight excluding hydrogens is 474 g/mol. The minimum Gasteiger partial charge on any atom is -0.507 e. The van der Waals surface area contributed by atoms with Crippen LogP contribution in [0.3, 0.4) is 0 Å². The SMILES string of the molecule is CCOc1cccc(C2/C(=C(/O)c3ccc4c(c3)OCCO4)C(=O)C(=O)N2Cc2ccccc2OC)c1. The molecule has 3 aromatic carbocycles. The molecule has 0 saturated carbocycles. The van der Waals surface area contributed by atoms with E-state index in [2.05, 4.69) is 0 Å². The number of ether oxygens (including phenoxy) is 4. The van der Waals surface area contributed by atoms with Gasteiger partial charge in [0.25, 0.3) is 11.7 Å². The van der Waals surface area contributed by atoms with E-state index in [1.165, 1.54) is 4.90 Å². The van der Waals surface area contributed by atoms with Crippen molar-refractivity contribution in [2.24, 2.45) is 0 Å². The van der Waals surface area contributed by atoms with Crippen LogP contribution in [0.4, 0.5) is 0 Å². The van der Waals surface area contributed by atoms with Gasteiger partial charge >= 0.3 is 0 Å². The largest absolute Gasteiger partial charge is 0.507 e. The smallest absolute Gasteiger partial charge is 0.295 e. The minimum absolute atomic E-state index is 0.00905. The molecule has 0 radical (unpaired) electrons. The maximum atomic E-state index is 13.4. The maximum absolute atomic E-state index is 13.4. The number of amides is 1. The third kappa shape index (κ3) is 4.58. The molecule has 2 heterocycles. The molecule has 1 saturated heterocycles. The standard InChI is InChI=1S/C29H27NO7/c1-3-35-21-9-6-8-18(15-21)26-25(27(31)19-11-12-23-24(16-19)37-14-13-36-23)28(32)29(33)30(26)17-20-7-4-5-10-22(20)34-2/h4-12,15-16,26,31H,3,13-14,17H2,1-2H3/b27-25-. The number of aliphatic hydroxyl groups excluding tert-OH is 1. The van der Waals surface area contributed by atoms with E-state index in [9.17, 15) is 14.7 Å².